The molecular formula is C20H27N3O2S. The van der Waals surface area contributed by atoms with Crippen LogP contribution in [0.3, 0.4) is 0 Å². The molecular weight excluding hydrogens is 346 g/mol. The maximum Gasteiger partial charge on any atom is 0.194 e. The van der Waals surface area contributed by atoms with Crippen LogP contribution in [0.5, 0.6) is 0 Å². The Hall–Kier alpha value is -1.79. The molecule has 0 bridgehead atoms. The number of guanidine groups is 1. The second-order valence-corrected chi connectivity index (χ2v) is 8.29. The maximum absolute atomic E-state index is 5.58. The van der Waals surface area contributed by atoms with E-state index >= 15 is 0 Å². The summed E-state index contributed by atoms with van der Waals surface area (Å²) in [6, 6.07) is 8.21. The molecule has 1 spiro atoms. The third kappa shape index (κ3) is 4.30. The number of thiophene rings is 1. The van der Waals surface area contributed by atoms with Gasteiger partial charge in [0.05, 0.1) is 12.8 Å². The van der Waals surface area contributed by atoms with Gasteiger partial charge in [-0.1, -0.05) is 6.07 Å². The van der Waals surface area contributed by atoms with E-state index in [1.165, 1.54) is 24.1 Å². The highest BCUT2D eigenvalue weighted by molar-refractivity contribution is 7.09. The molecule has 2 fully saturated rings. The van der Waals surface area contributed by atoms with Crippen molar-refractivity contribution in [1.82, 2.24) is 10.2 Å². The van der Waals surface area contributed by atoms with Gasteiger partial charge < -0.3 is 19.4 Å². The number of ether oxygens (including phenoxy) is 1. The first-order chi connectivity index (χ1) is 12.8. The lowest BCUT2D eigenvalue weighted by Gasteiger charge is -2.33. The summed E-state index contributed by atoms with van der Waals surface area (Å²) < 4.78 is 11.0. The molecule has 2 aliphatic rings. The van der Waals surface area contributed by atoms with Crippen molar-refractivity contribution in [3.8, 4) is 0 Å². The molecule has 2 aromatic heterocycles. The first-order valence-corrected chi connectivity index (χ1v) is 10.4. The van der Waals surface area contributed by atoms with Crippen molar-refractivity contribution in [3.63, 3.8) is 0 Å². The van der Waals surface area contributed by atoms with Crippen LogP contribution in [0.1, 0.15) is 29.9 Å². The van der Waals surface area contributed by atoms with E-state index < -0.39 is 0 Å². The Morgan fingerprint density at radius 2 is 2.15 bits per heavy atom. The molecule has 4 heterocycles. The van der Waals surface area contributed by atoms with Gasteiger partial charge in [0.1, 0.15) is 5.76 Å². The number of aliphatic imine (C=N–C) groups is 1. The normalized spacial score (nSPS) is 20.0. The van der Waals surface area contributed by atoms with E-state index in [1.54, 1.807) is 17.6 Å². The van der Waals surface area contributed by atoms with Gasteiger partial charge in [0.25, 0.3) is 0 Å². The molecule has 0 saturated carbocycles. The summed E-state index contributed by atoms with van der Waals surface area (Å²) in [4.78, 5) is 8.67. The molecule has 26 heavy (non-hydrogen) atoms. The maximum atomic E-state index is 5.58. The average Bonchev–Trinajstić information content (AvgIpc) is 3.42. The molecule has 0 radical (unpaired) electrons. The minimum Gasteiger partial charge on any atom is -0.469 e. The number of nitrogens with one attached hydrogen (secondary N) is 1. The van der Waals surface area contributed by atoms with Crippen molar-refractivity contribution in [2.24, 2.45) is 10.4 Å². The van der Waals surface area contributed by atoms with E-state index in [9.17, 15) is 0 Å². The van der Waals surface area contributed by atoms with E-state index in [0.29, 0.717) is 5.41 Å². The highest BCUT2D eigenvalue weighted by Gasteiger charge is 2.40. The van der Waals surface area contributed by atoms with Crippen molar-refractivity contribution < 1.29 is 9.15 Å². The molecule has 0 aliphatic carbocycles. The molecule has 0 atom stereocenters. The van der Waals surface area contributed by atoms with E-state index in [4.69, 9.17) is 14.1 Å². The van der Waals surface area contributed by atoms with Crippen LogP contribution in [-0.2, 0) is 17.7 Å². The van der Waals surface area contributed by atoms with Crippen LogP contribution in [0, 0.1) is 5.41 Å². The summed E-state index contributed by atoms with van der Waals surface area (Å²) in [5.74, 6) is 2.05. The monoisotopic (exact) mass is 373 g/mol. The van der Waals surface area contributed by atoms with Crippen molar-refractivity contribution in [2.45, 2.75) is 32.2 Å². The molecule has 0 amide bonds. The predicted octanol–water partition coefficient (Wildman–Crippen LogP) is 3.53. The van der Waals surface area contributed by atoms with Crippen LogP contribution < -0.4 is 5.32 Å². The van der Waals surface area contributed by atoms with Gasteiger partial charge in [0.15, 0.2) is 5.96 Å². The number of hydrogen-bond acceptors (Lipinski definition) is 4. The first-order valence-electron chi connectivity index (χ1n) is 9.49. The van der Waals surface area contributed by atoms with Gasteiger partial charge in [0, 0.05) is 44.1 Å². The van der Waals surface area contributed by atoms with Gasteiger partial charge in [0.2, 0.25) is 0 Å². The zero-order valence-electron chi connectivity index (χ0n) is 15.2. The summed E-state index contributed by atoms with van der Waals surface area (Å²) in [6.07, 6.45) is 6.20. The highest BCUT2D eigenvalue weighted by Crippen LogP contribution is 2.39. The van der Waals surface area contributed by atoms with Gasteiger partial charge in [-0.15, -0.1) is 11.3 Å². The van der Waals surface area contributed by atoms with Crippen LogP contribution in [0.4, 0.5) is 0 Å². The summed E-state index contributed by atoms with van der Waals surface area (Å²) in [5, 5.41) is 5.69. The lowest BCUT2D eigenvalue weighted by Crippen LogP contribution is -2.43. The molecule has 0 unspecified atom stereocenters. The molecule has 2 aromatic rings. The second kappa shape index (κ2) is 8.27. The predicted molar refractivity (Wildman–Crippen MR) is 105 cm³/mol. The Balaban J connectivity index is 1.40. The summed E-state index contributed by atoms with van der Waals surface area (Å²) >= 11 is 1.77. The van der Waals surface area contributed by atoms with Crippen molar-refractivity contribution in [1.29, 1.82) is 0 Å². The molecule has 2 saturated heterocycles. The summed E-state index contributed by atoms with van der Waals surface area (Å²) in [7, 11) is 0. The van der Waals surface area contributed by atoms with Crippen molar-refractivity contribution in [2.75, 3.05) is 32.8 Å². The lowest BCUT2D eigenvalue weighted by molar-refractivity contribution is 0.0217. The Bertz CT molecular complexity index is 691. The number of furan rings is 1. The smallest absolute Gasteiger partial charge is 0.194 e. The number of rotatable bonds is 5. The van der Waals surface area contributed by atoms with E-state index in [0.717, 1.165) is 57.5 Å². The average molecular weight is 374 g/mol. The molecule has 1 N–H and O–H groups in total. The Morgan fingerprint density at radius 1 is 1.23 bits per heavy atom. The van der Waals surface area contributed by atoms with Crippen LogP contribution in [0.25, 0.3) is 0 Å². The molecule has 5 nitrogen and oxygen atoms in total. The quantitative estimate of drug-likeness (QED) is 0.643. The second-order valence-electron chi connectivity index (χ2n) is 7.26. The molecule has 2 aliphatic heterocycles. The minimum absolute atomic E-state index is 0.421. The third-order valence-electron chi connectivity index (χ3n) is 5.49. The van der Waals surface area contributed by atoms with E-state index in [1.807, 2.05) is 12.1 Å². The lowest BCUT2D eigenvalue weighted by atomic mass is 9.80. The van der Waals surface area contributed by atoms with Crippen LogP contribution in [0.15, 0.2) is 45.3 Å². The largest absolute Gasteiger partial charge is 0.469 e. The van der Waals surface area contributed by atoms with Gasteiger partial charge >= 0.3 is 0 Å². The number of likely N-dealkylation sites (tertiary alicyclic amines) is 1. The third-order valence-corrected chi connectivity index (χ3v) is 6.35. The molecule has 0 aromatic carbocycles. The highest BCUT2D eigenvalue weighted by atomic mass is 32.1. The molecule has 4 rings (SSSR count). The van der Waals surface area contributed by atoms with Crippen LogP contribution in [-0.4, -0.2) is 43.7 Å². The van der Waals surface area contributed by atoms with Crippen LogP contribution >= 0.6 is 11.3 Å². The molecule has 6 heteroatoms. The Labute approximate surface area is 159 Å². The van der Waals surface area contributed by atoms with Gasteiger partial charge in [-0.3, -0.25) is 0 Å². The number of hydrogen-bond donors (Lipinski definition) is 1. The standard InChI is InChI=1S/C20H27N3O2S/c1-3-17(25-11-1)5-9-21-19(22-15-18-4-2-14-26-18)23-10-6-20(16-23)7-12-24-13-8-20/h1-4,11,14H,5-10,12-13,15-16H2,(H,21,22). The fourth-order valence-corrected chi connectivity index (χ4v) is 4.53. The zero-order valence-corrected chi connectivity index (χ0v) is 16.0. The van der Waals surface area contributed by atoms with Crippen molar-refractivity contribution in [3.05, 3.63) is 46.5 Å². The zero-order chi connectivity index (χ0) is 17.7. The van der Waals surface area contributed by atoms with Crippen molar-refractivity contribution >= 4 is 17.3 Å². The summed E-state index contributed by atoms with van der Waals surface area (Å²) in [6.45, 7) is 5.56. The first kappa shape index (κ1) is 17.6. The fourth-order valence-electron chi connectivity index (χ4n) is 3.90. The SMILES string of the molecule is c1coc(CCNC(=NCc2cccs2)N2CCC3(CCOCC3)C2)c1. The van der Waals surface area contributed by atoms with Gasteiger partial charge in [-0.25, -0.2) is 4.99 Å². The van der Waals surface area contributed by atoms with E-state index in [2.05, 4.69) is 27.7 Å². The van der Waals surface area contributed by atoms with Crippen LogP contribution in [0.2, 0.25) is 0 Å². The van der Waals surface area contributed by atoms with E-state index in [-0.39, 0.29) is 0 Å². The fraction of sp³-hybridized carbons (Fsp3) is 0.550. The Morgan fingerprint density at radius 3 is 2.92 bits per heavy atom. The van der Waals surface area contributed by atoms with Gasteiger partial charge in [-0.2, -0.15) is 0 Å². The topological polar surface area (TPSA) is 50.0 Å². The molecule has 140 valence electrons. The Kier molecular flexibility index (Phi) is 5.60. The number of nitrogens with zero attached hydrogens (tertiary/aromatic N) is 2. The summed E-state index contributed by atoms with van der Waals surface area (Å²) in [5.41, 5.74) is 0.421. The minimum atomic E-state index is 0.421. The van der Waals surface area contributed by atoms with Gasteiger partial charge in [-0.05, 0) is 48.3 Å².